The number of hydrogen-bond acceptors (Lipinski definition) is 2. The van der Waals surface area contributed by atoms with E-state index in [0.717, 1.165) is 44.3 Å². The first-order valence-electron chi connectivity index (χ1n) is 7.82. The predicted molar refractivity (Wildman–Crippen MR) is 85.5 cm³/mol. The van der Waals surface area contributed by atoms with Gasteiger partial charge in [-0.15, -0.1) is 0 Å². The van der Waals surface area contributed by atoms with Gasteiger partial charge in [0.25, 0.3) is 0 Å². The molecule has 1 atom stereocenters. The molecule has 1 aromatic heterocycles. The van der Waals surface area contributed by atoms with E-state index in [0.29, 0.717) is 6.04 Å². The van der Waals surface area contributed by atoms with Crippen molar-refractivity contribution >= 4 is 0 Å². The normalized spacial score (nSPS) is 17.4. The quantitative estimate of drug-likeness (QED) is 0.828. The van der Waals surface area contributed by atoms with Gasteiger partial charge >= 0.3 is 0 Å². The molecule has 1 unspecified atom stereocenters. The first-order valence-corrected chi connectivity index (χ1v) is 7.82. The summed E-state index contributed by atoms with van der Waals surface area (Å²) in [5.41, 5.74) is 3.81. The Kier molecular flexibility index (Phi) is 4.51. The van der Waals surface area contributed by atoms with E-state index in [-0.39, 0.29) is 5.56 Å². The fourth-order valence-electron chi connectivity index (χ4n) is 3.13. The molecule has 0 bridgehead atoms. The molecule has 1 aliphatic rings. The zero-order valence-corrected chi connectivity index (χ0v) is 12.3. The molecule has 21 heavy (non-hydrogen) atoms. The highest BCUT2D eigenvalue weighted by Crippen LogP contribution is 2.27. The second kappa shape index (κ2) is 6.72. The molecule has 110 valence electrons. The van der Waals surface area contributed by atoms with Crippen molar-refractivity contribution in [1.82, 2.24) is 10.3 Å². The summed E-state index contributed by atoms with van der Waals surface area (Å²) in [7, 11) is 0. The first kappa shape index (κ1) is 14.1. The van der Waals surface area contributed by atoms with Gasteiger partial charge in [0.15, 0.2) is 0 Å². The predicted octanol–water partition coefficient (Wildman–Crippen LogP) is 2.97. The minimum atomic E-state index is 0.0125. The number of rotatable bonds is 5. The lowest BCUT2D eigenvalue weighted by atomic mass is 9.91. The van der Waals surface area contributed by atoms with Crippen LogP contribution in [0.1, 0.15) is 42.1 Å². The van der Waals surface area contributed by atoms with Gasteiger partial charge in [0.1, 0.15) is 0 Å². The lowest BCUT2D eigenvalue weighted by Gasteiger charge is -2.26. The van der Waals surface area contributed by atoms with Crippen LogP contribution in [0.2, 0.25) is 0 Å². The van der Waals surface area contributed by atoms with Crippen molar-refractivity contribution < 1.29 is 0 Å². The summed E-state index contributed by atoms with van der Waals surface area (Å²) in [6, 6.07) is 14.6. The topological polar surface area (TPSA) is 44.9 Å². The number of aryl methyl sites for hydroxylation is 2. The van der Waals surface area contributed by atoms with Crippen molar-refractivity contribution in [2.45, 2.75) is 38.1 Å². The standard InChI is InChI=1S/C18H22N2O/c21-18-12-11-15-16(9-4-10-17(15)20-18)19-13-5-8-14-6-2-1-3-7-14/h1-3,6-7,11-12,16,19H,4-5,8-10,13H2,(H,20,21). The molecule has 2 aromatic rings. The van der Waals surface area contributed by atoms with Crippen LogP contribution in [0.5, 0.6) is 0 Å². The van der Waals surface area contributed by atoms with E-state index in [1.807, 2.05) is 6.07 Å². The van der Waals surface area contributed by atoms with Crippen molar-refractivity contribution in [3.8, 4) is 0 Å². The molecule has 1 heterocycles. The maximum absolute atomic E-state index is 11.4. The second-order valence-corrected chi connectivity index (χ2v) is 5.74. The molecular weight excluding hydrogens is 260 g/mol. The molecular formula is C18H22N2O. The molecule has 3 heteroatoms. The van der Waals surface area contributed by atoms with Crippen molar-refractivity contribution in [1.29, 1.82) is 0 Å². The summed E-state index contributed by atoms with van der Waals surface area (Å²) in [6.07, 6.45) is 5.54. The van der Waals surface area contributed by atoms with Gasteiger partial charge in [0.2, 0.25) is 5.56 Å². The minimum Gasteiger partial charge on any atom is -0.326 e. The van der Waals surface area contributed by atoms with Crippen molar-refractivity contribution in [3.05, 3.63) is 69.6 Å². The van der Waals surface area contributed by atoms with Gasteiger partial charge in [-0.25, -0.2) is 0 Å². The van der Waals surface area contributed by atoms with E-state index in [1.165, 1.54) is 11.1 Å². The number of aromatic amines is 1. The second-order valence-electron chi connectivity index (χ2n) is 5.74. The largest absolute Gasteiger partial charge is 0.326 e. The lowest BCUT2D eigenvalue weighted by molar-refractivity contribution is 0.450. The van der Waals surface area contributed by atoms with Gasteiger partial charge in [-0.05, 0) is 49.8 Å². The van der Waals surface area contributed by atoms with E-state index < -0.39 is 0 Å². The molecule has 0 amide bonds. The smallest absolute Gasteiger partial charge is 0.248 e. The molecule has 2 N–H and O–H groups in total. The van der Waals surface area contributed by atoms with Crippen LogP contribution in [0, 0.1) is 0 Å². The van der Waals surface area contributed by atoms with Crippen LogP contribution in [0.15, 0.2) is 47.3 Å². The zero-order chi connectivity index (χ0) is 14.5. The highest BCUT2D eigenvalue weighted by Gasteiger charge is 2.19. The molecule has 0 saturated carbocycles. The first-order chi connectivity index (χ1) is 10.3. The molecule has 0 radical (unpaired) electrons. The van der Waals surface area contributed by atoms with E-state index in [1.54, 1.807) is 6.07 Å². The molecule has 1 aromatic carbocycles. The summed E-state index contributed by atoms with van der Waals surface area (Å²) in [6.45, 7) is 1.01. The van der Waals surface area contributed by atoms with Crippen LogP contribution in [0.25, 0.3) is 0 Å². The minimum absolute atomic E-state index is 0.0125. The Hall–Kier alpha value is -1.87. The van der Waals surface area contributed by atoms with Gasteiger partial charge in [-0.1, -0.05) is 36.4 Å². The third-order valence-corrected chi connectivity index (χ3v) is 4.21. The fourth-order valence-corrected chi connectivity index (χ4v) is 3.13. The summed E-state index contributed by atoms with van der Waals surface area (Å²) in [5, 5.41) is 3.65. The molecule has 0 aliphatic heterocycles. The van der Waals surface area contributed by atoms with Gasteiger partial charge in [0, 0.05) is 17.8 Å². The van der Waals surface area contributed by atoms with Crippen LogP contribution < -0.4 is 10.9 Å². The number of benzene rings is 1. The average molecular weight is 282 g/mol. The number of H-pyrrole nitrogens is 1. The van der Waals surface area contributed by atoms with Crippen LogP contribution in [-0.4, -0.2) is 11.5 Å². The number of aromatic nitrogens is 1. The van der Waals surface area contributed by atoms with E-state index >= 15 is 0 Å². The molecule has 3 nitrogen and oxygen atoms in total. The Morgan fingerprint density at radius 1 is 1.14 bits per heavy atom. The Morgan fingerprint density at radius 2 is 2.00 bits per heavy atom. The number of nitrogens with one attached hydrogen (secondary N) is 2. The zero-order valence-electron chi connectivity index (χ0n) is 12.3. The van der Waals surface area contributed by atoms with Crippen molar-refractivity contribution in [3.63, 3.8) is 0 Å². The summed E-state index contributed by atoms with van der Waals surface area (Å²) in [4.78, 5) is 14.4. The lowest BCUT2D eigenvalue weighted by Crippen LogP contribution is -2.28. The van der Waals surface area contributed by atoms with E-state index in [9.17, 15) is 4.79 Å². The molecule has 1 aliphatic carbocycles. The number of hydrogen-bond donors (Lipinski definition) is 2. The van der Waals surface area contributed by atoms with Gasteiger partial charge in [0.05, 0.1) is 0 Å². The monoisotopic (exact) mass is 282 g/mol. The van der Waals surface area contributed by atoms with Gasteiger partial charge < -0.3 is 10.3 Å². The Balaban J connectivity index is 1.54. The van der Waals surface area contributed by atoms with Crippen LogP contribution in [-0.2, 0) is 12.8 Å². The number of fused-ring (bicyclic) bond motifs is 1. The highest BCUT2D eigenvalue weighted by molar-refractivity contribution is 5.26. The fraction of sp³-hybridized carbons (Fsp3) is 0.389. The van der Waals surface area contributed by atoms with Crippen LogP contribution in [0.4, 0.5) is 0 Å². The SMILES string of the molecule is O=c1ccc2c([nH]1)CCCC2NCCCc1ccccc1. The maximum Gasteiger partial charge on any atom is 0.248 e. The van der Waals surface area contributed by atoms with Gasteiger partial charge in [-0.3, -0.25) is 4.79 Å². The molecule has 0 spiro atoms. The van der Waals surface area contributed by atoms with Crippen LogP contribution in [0.3, 0.4) is 0 Å². The third-order valence-electron chi connectivity index (χ3n) is 4.21. The summed E-state index contributed by atoms with van der Waals surface area (Å²) >= 11 is 0. The van der Waals surface area contributed by atoms with E-state index in [2.05, 4.69) is 40.6 Å². The summed E-state index contributed by atoms with van der Waals surface area (Å²) in [5.74, 6) is 0. The Morgan fingerprint density at radius 3 is 2.86 bits per heavy atom. The van der Waals surface area contributed by atoms with Crippen LogP contribution >= 0.6 is 0 Å². The Labute approximate surface area is 125 Å². The van der Waals surface area contributed by atoms with E-state index in [4.69, 9.17) is 0 Å². The van der Waals surface area contributed by atoms with Crippen molar-refractivity contribution in [2.24, 2.45) is 0 Å². The molecule has 3 rings (SSSR count). The third kappa shape index (κ3) is 3.61. The molecule has 0 fully saturated rings. The highest BCUT2D eigenvalue weighted by atomic mass is 16.1. The van der Waals surface area contributed by atoms with Crippen molar-refractivity contribution in [2.75, 3.05) is 6.54 Å². The number of pyridine rings is 1. The Bertz CT molecular complexity index is 633. The average Bonchev–Trinajstić information content (AvgIpc) is 2.52. The maximum atomic E-state index is 11.4. The van der Waals surface area contributed by atoms with Gasteiger partial charge in [-0.2, -0.15) is 0 Å². The summed E-state index contributed by atoms with van der Waals surface area (Å²) < 4.78 is 0. The molecule has 0 saturated heterocycles.